The molecule has 0 aromatic heterocycles. The van der Waals surface area contributed by atoms with Crippen LogP contribution in [0.15, 0.2) is 54.6 Å². The van der Waals surface area contributed by atoms with Crippen LogP contribution in [-0.2, 0) is 9.53 Å². The van der Waals surface area contributed by atoms with E-state index in [-0.39, 0.29) is 25.1 Å². The summed E-state index contributed by atoms with van der Waals surface area (Å²) in [6.07, 6.45) is 0. The van der Waals surface area contributed by atoms with Crippen LogP contribution in [0.2, 0.25) is 0 Å². The standard InChI is InChI=1S/C19H20O5/c1-14(2)18(20)24-17-10-8-15(9-11-17)19(21)23-13-12-22-16-6-4-3-5-7-16/h3-11,14H,12-13H2,1-2H3. The van der Waals surface area contributed by atoms with Crippen molar-refractivity contribution < 1.29 is 23.8 Å². The van der Waals surface area contributed by atoms with Crippen molar-refractivity contribution in [2.45, 2.75) is 13.8 Å². The van der Waals surface area contributed by atoms with Crippen molar-refractivity contribution in [3.05, 3.63) is 60.2 Å². The third-order valence-electron chi connectivity index (χ3n) is 3.11. The highest BCUT2D eigenvalue weighted by Crippen LogP contribution is 2.15. The molecule has 0 aliphatic carbocycles. The van der Waals surface area contributed by atoms with Gasteiger partial charge in [0.1, 0.15) is 24.7 Å². The molecule has 0 spiro atoms. The van der Waals surface area contributed by atoms with Crippen molar-refractivity contribution in [2.24, 2.45) is 5.92 Å². The molecule has 5 heteroatoms. The van der Waals surface area contributed by atoms with Gasteiger partial charge in [-0.15, -0.1) is 0 Å². The lowest BCUT2D eigenvalue weighted by atomic mass is 10.2. The Morgan fingerprint density at radius 2 is 1.54 bits per heavy atom. The van der Waals surface area contributed by atoms with Gasteiger partial charge >= 0.3 is 11.9 Å². The average Bonchev–Trinajstić information content (AvgIpc) is 2.60. The monoisotopic (exact) mass is 328 g/mol. The fraction of sp³-hybridized carbons (Fsp3) is 0.263. The molecule has 0 N–H and O–H groups in total. The summed E-state index contributed by atoms with van der Waals surface area (Å²) < 4.78 is 15.7. The van der Waals surface area contributed by atoms with Crippen molar-refractivity contribution in [3.63, 3.8) is 0 Å². The first kappa shape index (κ1) is 17.5. The number of ether oxygens (including phenoxy) is 3. The molecule has 0 amide bonds. The Morgan fingerprint density at radius 1 is 0.875 bits per heavy atom. The van der Waals surface area contributed by atoms with Crippen molar-refractivity contribution in [1.82, 2.24) is 0 Å². The van der Waals surface area contributed by atoms with E-state index >= 15 is 0 Å². The number of hydrogen-bond donors (Lipinski definition) is 0. The second-order valence-corrected chi connectivity index (χ2v) is 5.40. The third kappa shape index (κ3) is 5.43. The summed E-state index contributed by atoms with van der Waals surface area (Å²) in [5.41, 5.74) is 0.388. The summed E-state index contributed by atoms with van der Waals surface area (Å²) in [7, 11) is 0. The van der Waals surface area contributed by atoms with Gasteiger partial charge in [-0.05, 0) is 36.4 Å². The normalized spacial score (nSPS) is 10.3. The van der Waals surface area contributed by atoms with Gasteiger partial charge in [0, 0.05) is 0 Å². The summed E-state index contributed by atoms with van der Waals surface area (Å²) in [5.74, 6) is 0.151. The fourth-order valence-electron chi connectivity index (χ4n) is 1.79. The maximum absolute atomic E-state index is 11.9. The summed E-state index contributed by atoms with van der Waals surface area (Å²) in [6.45, 7) is 3.94. The lowest BCUT2D eigenvalue weighted by molar-refractivity contribution is -0.137. The van der Waals surface area contributed by atoms with Gasteiger partial charge in [0.05, 0.1) is 11.5 Å². The van der Waals surface area contributed by atoms with Gasteiger partial charge in [0.15, 0.2) is 0 Å². The Balaban J connectivity index is 1.77. The van der Waals surface area contributed by atoms with Crippen LogP contribution in [0.25, 0.3) is 0 Å². The predicted octanol–water partition coefficient (Wildman–Crippen LogP) is 3.48. The molecule has 0 aliphatic rings. The Labute approximate surface area is 141 Å². The van der Waals surface area contributed by atoms with Crippen LogP contribution in [0.3, 0.4) is 0 Å². The first-order valence-corrected chi connectivity index (χ1v) is 7.73. The fourth-order valence-corrected chi connectivity index (χ4v) is 1.79. The van der Waals surface area contributed by atoms with Gasteiger partial charge in [0.2, 0.25) is 0 Å². The minimum Gasteiger partial charge on any atom is -0.490 e. The SMILES string of the molecule is CC(C)C(=O)Oc1ccc(C(=O)OCCOc2ccccc2)cc1. The Kier molecular flexibility index (Phi) is 6.37. The zero-order valence-electron chi connectivity index (χ0n) is 13.7. The van der Waals surface area contributed by atoms with Gasteiger partial charge in [0.25, 0.3) is 0 Å². The molecule has 2 aromatic rings. The van der Waals surface area contributed by atoms with Crippen molar-refractivity contribution >= 4 is 11.9 Å². The quantitative estimate of drug-likeness (QED) is 0.442. The Bertz CT molecular complexity index is 662. The second-order valence-electron chi connectivity index (χ2n) is 5.40. The number of esters is 2. The molecule has 0 aliphatic heterocycles. The average molecular weight is 328 g/mol. The highest BCUT2D eigenvalue weighted by atomic mass is 16.6. The Morgan fingerprint density at radius 3 is 2.17 bits per heavy atom. The maximum Gasteiger partial charge on any atom is 0.338 e. The first-order valence-electron chi connectivity index (χ1n) is 7.73. The number of rotatable bonds is 7. The third-order valence-corrected chi connectivity index (χ3v) is 3.11. The molecule has 126 valence electrons. The van der Waals surface area contributed by atoms with E-state index < -0.39 is 5.97 Å². The number of hydrogen-bond acceptors (Lipinski definition) is 5. The van der Waals surface area contributed by atoms with E-state index in [2.05, 4.69) is 0 Å². The van der Waals surface area contributed by atoms with Crippen LogP contribution in [0.4, 0.5) is 0 Å². The highest BCUT2D eigenvalue weighted by Gasteiger charge is 2.11. The van der Waals surface area contributed by atoms with E-state index in [0.29, 0.717) is 11.3 Å². The van der Waals surface area contributed by atoms with Gasteiger partial charge < -0.3 is 14.2 Å². The molecule has 5 nitrogen and oxygen atoms in total. The number of benzene rings is 2. The summed E-state index contributed by atoms with van der Waals surface area (Å²) in [5, 5.41) is 0. The molecular formula is C19H20O5. The zero-order chi connectivity index (χ0) is 17.4. The summed E-state index contributed by atoms with van der Waals surface area (Å²) in [6, 6.07) is 15.6. The van der Waals surface area contributed by atoms with E-state index in [0.717, 1.165) is 5.75 Å². The maximum atomic E-state index is 11.9. The summed E-state index contributed by atoms with van der Waals surface area (Å²) >= 11 is 0. The van der Waals surface area contributed by atoms with Gasteiger partial charge in [-0.1, -0.05) is 32.0 Å². The predicted molar refractivity (Wildman–Crippen MR) is 89.1 cm³/mol. The van der Waals surface area contributed by atoms with E-state index in [1.165, 1.54) is 0 Å². The van der Waals surface area contributed by atoms with Gasteiger partial charge in [-0.2, -0.15) is 0 Å². The van der Waals surface area contributed by atoms with Crippen molar-refractivity contribution in [1.29, 1.82) is 0 Å². The van der Waals surface area contributed by atoms with E-state index in [9.17, 15) is 9.59 Å². The number of carbonyl (C=O) groups is 2. The molecule has 0 saturated heterocycles. The molecule has 0 heterocycles. The Hall–Kier alpha value is -2.82. The molecule has 0 fully saturated rings. The lowest BCUT2D eigenvalue weighted by Crippen LogP contribution is -2.15. The topological polar surface area (TPSA) is 61.8 Å². The molecule has 2 aromatic carbocycles. The minimum absolute atomic E-state index is 0.151. The first-order chi connectivity index (χ1) is 11.6. The van der Waals surface area contributed by atoms with Crippen LogP contribution in [0, 0.1) is 5.92 Å². The van der Waals surface area contributed by atoms with Gasteiger partial charge in [-0.3, -0.25) is 4.79 Å². The van der Waals surface area contributed by atoms with Gasteiger partial charge in [-0.25, -0.2) is 4.79 Å². The van der Waals surface area contributed by atoms with E-state index in [1.807, 2.05) is 30.3 Å². The smallest absolute Gasteiger partial charge is 0.338 e. The number of para-hydroxylation sites is 1. The van der Waals surface area contributed by atoms with E-state index in [4.69, 9.17) is 14.2 Å². The second kappa shape index (κ2) is 8.72. The molecule has 0 bridgehead atoms. The van der Waals surface area contributed by atoms with E-state index in [1.54, 1.807) is 38.1 Å². The largest absolute Gasteiger partial charge is 0.490 e. The van der Waals surface area contributed by atoms with Crippen LogP contribution in [0.1, 0.15) is 24.2 Å². The van der Waals surface area contributed by atoms with Crippen LogP contribution >= 0.6 is 0 Å². The molecule has 0 unspecified atom stereocenters. The van der Waals surface area contributed by atoms with Crippen LogP contribution in [0.5, 0.6) is 11.5 Å². The molecule has 2 rings (SSSR count). The molecule has 24 heavy (non-hydrogen) atoms. The number of carbonyl (C=O) groups excluding carboxylic acids is 2. The minimum atomic E-state index is -0.451. The van der Waals surface area contributed by atoms with Crippen LogP contribution < -0.4 is 9.47 Å². The molecule has 0 atom stereocenters. The highest BCUT2D eigenvalue weighted by molar-refractivity contribution is 5.89. The van der Waals surface area contributed by atoms with Crippen molar-refractivity contribution in [2.75, 3.05) is 13.2 Å². The molecule has 0 radical (unpaired) electrons. The zero-order valence-corrected chi connectivity index (χ0v) is 13.7. The summed E-state index contributed by atoms with van der Waals surface area (Å²) in [4.78, 5) is 23.4. The van der Waals surface area contributed by atoms with Crippen molar-refractivity contribution in [3.8, 4) is 11.5 Å². The van der Waals surface area contributed by atoms with Crippen LogP contribution in [-0.4, -0.2) is 25.2 Å². The molecule has 0 saturated carbocycles. The lowest BCUT2D eigenvalue weighted by Gasteiger charge is -2.08. The molecular weight excluding hydrogens is 308 g/mol.